The standard InChI is InChI=1S/C13H15ClN2O2/c1-2-15-13(18)9-3-5-11(6-4-9)16-8-10(14)7-12(16)17/h3-6,10H,2,7-8H2,1H3,(H,15,18). The molecule has 1 aromatic carbocycles. The summed E-state index contributed by atoms with van der Waals surface area (Å²) in [5, 5.41) is 2.60. The van der Waals surface area contributed by atoms with E-state index < -0.39 is 0 Å². The van der Waals surface area contributed by atoms with Crippen LogP contribution in [0.25, 0.3) is 0 Å². The van der Waals surface area contributed by atoms with Crippen molar-refractivity contribution in [2.75, 3.05) is 18.0 Å². The number of hydrogen-bond acceptors (Lipinski definition) is 2. The molecule has 2 amide bonds. The molecule has 0 saturated carbocycles. The molecule has 1 aromatic rings. The van der Waals surface area contributed by atoms with Crippen LogP contribution in [-0.2, 0) is 4.79 Å². The van der Waals surface area contributed by atoms with E-state index in [1.807, 2.05) is 6.92 Å². The summed E-state index contributed by atoms with van der Waals surface area (Å²) >= 11 is 5.95. The molecule has 0 radical (unpaired) electrons. The third kappa shape index (κ3) is 2.64. The van der Waals surface area contributed by atoms with Crippen molar-refractivity contribution in [1.29, 1.82) is 0 Å². The molecule has 96 valence electrons. The second kappa shape index (κ2) is 5.40. The van der Waals surface area contributed by atoms with E-state index >= 15 is 0 Å². The summed E-state index contributed by atoms with van der Waals surface area (Å²) < 4.78 is 0. The molecule has 1 atom stereocenters. The molecule has 0 aromatic heterocycles. The molecule has 0 aliphatic carbocycles. The monoisotopic (exact) mass is 266 g/mol. The number of hydrogen-bond donors (Lipinski definition) is 1. The Kier molecular flexibility index (Phi) is 3.87. The molecule has 1 aliphatic rings. The number of carbonyl (C=O) groups is 2. The predicted molar refractivity (Wildman–Crippen MR) is 71.1 cm³/mol. The maximum Gasteiger partial charge on any atom is 0.251 e. The van der Waals surface area contributed by atoms with Crippen molar-refractivity contribution < 1.29 is 9.59 Å². The molecule has 1 N–H and O–H groups in total. The van der Waals surface area contributed by atoms with Crippen molar-refractivity contribution >= 4 is 29.1 Å². The molecule has 0 bridgehead atoms. The number of carbonyl (C=O) groups excluding carboxylic acids is 2. The van der Waals surface area contributed by atoms with Gasteiger partial charge in [0.15, 0.2) is 0 Å². The molecule has 1 unspecified atom stereocenters. The smallest absolute Gasteiger partial charge is 0.251 e. The third-order valence-electron chi connectivity index (χ3n) is 2.86. The average Bonchev–Trinajstić information content (AvgIpc) is 2.69. The van der Waals surface area contributed by atoms with Crippen LogP contribution in [-0.4, -0.2) is 30.3 Å². The Hall–Kier alpha value is -1.55. The summed E-state index contributed by atoms with van der Waals surface area (Å²) in [6.07, 6.45) is 0.375. The van der Waals surface area contributed by atoms with Crippen molar-refractivity contribution in [3.05, 3.63) is 29.8 Å². The van der Waals surface area contributed by atoms with Gasteiger partial charge in [0, 0.05) is 30.8 Å². The van der Waals surface area contributed by atoms with Crippen molar-refractivity contribution in [2.24, 2.45) is 0 Å². The number of nitrogens with zero attached hydrogens (tertiary/aromatic N) is 1. The van der Waals surface area contributed by atoms with Crippen LogP contribution in [0.5, 0.6) is 0 Å². The maximum atomic E-state index is 11.7. The summed E-state index contributed by atoms with van der Waals surface area (Å²) in [6, 6.07) is 6.99. The first-order valence-corrected chi connectivity index (χ1v) is 6.38. The van der Waals surface area contributed by atoms with Gasteiger partial charge in [-0.2, -0.15) is 0 Å². The Morgan fingerprint density at radius 3 is 2.61 bits per heavy atom. The summed E-state index contributed by atoms with van der Waals surface area (Å²) in [5.74, 6) is -0.0761. The van der Waals surface area contributed by atoms with Gasteiger partial charge in [-0.15, -0.1) is 11.6 Å². The van der Waals surface area contributed by atoms with Gasteiger partial charge in [-0.1, -0.05) is 0 Å². The van der Waals surface area contributed by atoms with E-state index in [1.165, 1.54) is 0 Å². The topological polar surface area (TPSA) is 49.4 Å². The van der Waals surface area contributed by atoms with Crippen LogP contribution >= 0.6 is 11.6 Å². The normalized spacial score (nSPS) is 19.1. The summed E-state index contributed by atoms with van der Waals surface area (Å²) in [4.78, 5) is 24.9. The van der Waals surface area contributed by atoms with E-state index in [0.29, 0.717) is 25.1 Å². The molecular weight excluding hydrogens is 252 g/mol. The van der Waals surface area contributed by atoms with Crippen molar-refractivity contribution in [2.45, 2.75) is 18.7 Å². The van der Waals surface area contributed by atoms with Crippen molar-refractivity contribution in [1.82, 2.24) is 5.32 Å². The molecular formula is C13H15ClN2O2. The Morgan fingerprint density at radius 1 is 1.44 bits per heavy atom. The lowest BCUT2D eigenvalue weighted by atomic mass is 10.2. The van der Waals surface area contributed by atoms with Crippen LogP contribution in [0, 0.1) is 0 Å². The number of nitrogens with one attached hydrogen (secondary N) is 1. The van der Waals surface area contributed by atoms with Crippen LogP contribution in [0.15, 0.2) is 24.3 Å². The van der Waals surface area contributed by atoms with Crippen molar-refractivity contribution in [3.63, 3.8) is 0 Å². The first-order valence-electron chi connectivity index (χ1n) is 5.94. The van der Waals surface area contributed by atoms with E-state index in [-0.39, 0.29) is 17.2 Å². The zero-order valence-electron chi connectivity index (χ0n) is 10.1. The molecule has 1 fully saturated rings. The summed E-state index contributed by atoms with van der Waals surface area (Å²) in [7, 11) is 0. The highest BCUT2D eigenvalue weighted by Crippen LogP contribution is 2.24. The van der Waals surface area contributed by atoms with E-state index in [2.05, 4.69) is 5.32 Å². The first kappa shape index (κ1) is 12.9. The molecule has 1 saturated heterocycles. The highest BCUT2D eigenvalue weighted by atomic mass is 35.5. The second-order valence-corrected chi connectivity index (χ2v) is 4.83. The Morgan fingerprint density at radius 2 is 2.11 bits per heavy atom. The predicted octanol–water partition coefficient (Wildman–Crippen LogP) is 1.78. The van der Waals surface area contributed by atoms with Crippen LogP contribution in [0.2, 0.25) is 0 Å². The average molecular weight is 267 g/mol. The molecule has 4 nitrogen and oxygen atoms in total. The van der Waals surface area contributed by atoms with E-state index in [4.69, 9.17) is 11.6 Å². The molecule has 1 aliphatic heterocycles. The second-order valence-electron chi connectivity index (χ2n) is 4.21. The molecule has 0 spiro atoms. The van der Waals surface area contributed by atoms with Gasteiger partial charge in [0.1, 0.15) is 0 Å². The molecule has 18 heavy (non-hydrogen) atoms. The fourth-order valence-corrected chi connectivity index (χ4v) is 2.24. The Bertz CT molecular complexity index is 459. The number of benzene rings is 1. The van der Waals surface area contributed by atoms with E-state index in [9.17, 15) is 9.59 Å². The van der Waals surface area contributed by atoms with Crippen LogP contribution in [0.3, 0.4) is 0 Å². The number of rotatable bonds is 3. The molecule has 1 heterocycles. The van der Waals surface area contributed by atoms with Gasteiger partial charge in [0.05, 0.1) is 5.38 Å². The Labute approximate surface area is 111 Å². The lowest BCUT2D eigenvalue weighted by Crippen LogP contribution is -2.25. The van der Waals surface area contributed by atoms with Gasteiger partial charge in [-0.3, -0.25) is 9.59 Å². The highest BCUT2D eigenvalue weighted by molar-refractivity contribution is 6.24. The third-order valence-corrected chi connectivity index (χ3v) is 3.15. The summed E-state index contributed by atoms with van der Waals surface area (Å²) in [5.41, 5.74) is 1.38. The zero-order valence-corrected chi connectivity index (χ0v) is 10.9. The van der Waals surface area contributed by atoms with Crippen LogP contribution < -0.4 is 10.2 Å². The van der Waals surface area contributed by atoms with Crippen LogP contribution in [0.1, 0.15) is 23.7 Å². The van der Waals surface area contributed by atoms with Crippen molar-refractivity contribution in [3.8, 4) is 0 Å². The number of halogens is 1. The number of anilines is 1. The first-order chi connectivity index (χ1) is 8.61. The summed E-state index contributed by atoms with van der Waals surface area (Å²) in [6.45, 7) is 3.00. The minimum Gasteiger partial charge on any atom is -0.352 e. The van der Waals surface area contributed by atoms with E-state index in [0.717, 1.165) is 5.69 Å². The van der Waals surface area contributed by atoms with Gasteiger partial charge in [0.2, 0.25) is 5.91 Å². The molecule has 5 heteroatoms. The fourth-order valence-electron chi connectivity index (χ4n) is 1.97. The lowest BCUT2D eigenvalue weighted by Gasteiger charge is -2.16. The Balaban J connectivity index is 2.13. The van der Waals surface area contributed by atoms with E-state index in [1.54, 1.807) is 29.2 Å². The van der Waals surface area contributed by atoms with Crippen LogP contribution in [0.4, 0.5) is 5.69 Å². The van der Waals surface area contributed by atoms with Gasteiger partial charge in [-0.25, -0.2) is 0 Å². The molecule has 2 rings (SSSR count). The SMILES string of the molecule is CCNC(=O)c1ccc(N2CC(Cl)CC2=O)cc1. The lowest BCUT2D eigenvalue weighted by molar-refractivity contribution is -0.117. The zero-order chi connectivity index (χ0) is 13.1. The number of amides is 2. The van der Waals surface area contributed by atoms with Gasteiger partial charge in [-0.05, 0) is 31.2 Å². The van der Waals surface area contributed by atoms with Gasteiger partial charge in [0.25, 0.3) is 5.91 Å². The van der Waals surface area contributed by atoms with Gasteiger partial charge < -0.3 is 10.2 Å². The fraction of sp³-hybridized carbons (Fsp3) is 0.385. The van der Waals surface area contributed by atoms with Gasteiger partial charge >= 0.3 is 0 Å². The quantitative estimate of drug-likeness (QED) is 0.848. The number of alkyl halides is 1. The minimum absolute atomic E-state index is 0.0285. The largest absolute Gasteiger partial charge is 0.352 e. The highest BCUT2D eigenvalue weighted by Gasteiger charge is 2.28. The maximum absolute atomic E-state index is 11.7. The minimum atomic E-state index is -0.124.